The molecule has 0 saturated heterocycles. The van der Waals surface area contributed by atoms with Gasteiger partial charge in [-0.05, 0) is 48.4 Å². The highest BCUT2D eigenvalue weighted by Gasteiger charge is 2.17. The molecule has 4 heteroatoms. The Morgan fingerprint density at radius 2 is 1.92 bits per heavy atom. The largest absolute Gasteiger partial charge is 0.454 e. The van der Waals surface area contributed by atoms with Crippen LogP contribution in [-0.4, -0.2) is 13.8 Å². The van der Waals surface area contributed by atoms with Crippen LogP contribution in [0.5, 0.6) is 11.5 Å². The summed E-state index contributed by atoms with van der Waals surface area (Å²) in [5, 5.41) is 0. The zero-order valence-electron chi connectivity index (χ0n) is 14.3. The van der Waals surface area contributed by atoms with E-state index in [1.807, 2.05) is 12.1 Å². The first-order valence-corrected chi connectivity index (χ1v) is 8.93. The van der Waals surface area contributed by atoms with E-state index >= 15 is 0 Å². The fourth-order valence-corrected chi connectivity index (χ4v) is 3.82. The summed E-state index contributed by atoms with van der Waals surface area (Å²) in [7, 11) is 2.08. The van der Waals surface area contributed by atoms with E-state index in [1.165, 1.54) is 11.3 Å². The molecule has 0 unspecified atom stereocenters. The normalized spacial score (nSPS) is 16.2. The molecule has 126 valence electrons. The summed E-state index contributed by atoms with van der Waals surface area (Å²) in [5.74, 6) is 1.62. The minimum atomic E-state index is 0.295. The SMILES string of the molecule is C=C(/C=C1\C=Cc2ccccc2N1C)Sc1cc2c(cc1C)OCO2. The fourth-order valence-electron chi connectivity index (χ4n) is 2.98. The van der Waals surface area contributed by atoms with Crippen molar-refractivity contribution in [3.8, 4) is 11.5 Å². The maximum absolute atomic E-state index is 5.48. The summed E-state index contributed by atoms with van der Waals surface area (Å²) in [6, 6.07) is 12.4. The second-order valence-corrected chi connectivity index (χ2v) is 7.23. The lowest BCUT2D eigenvalue weighted by Crippen LogP contribution is -2.18. The highest BCUT2D eigenvalue weighted by Crippen LogP contribution is 2.40. The minimum absolute atomic E-state index is 0.295. The monoisotopic (exact) mass is 349 g/mol. The molecule has 2 aromatic carbocycles. The van der Waals surface area contributed by atoms with Crippen LogP contribution >= 0.6 is 11.8 Å². The summed E-state index contributed by atoms with van der Waals surface area (Å²) in [5.41, 5.74) is 4.71. The lowest BCUT2D eigenvalue weighted by atomic mass is 10.1. The van der Waals surface area contributed by atoms with Gasteiger partial charge in [-0.25, -0.2) is 0 Å². The molecule has 2 aromatic rings. The average molecular weight is 349 g/mol. The molecular formula is C21H19NO2S. The van der Waals surface area contributed by atoms with Gasteiger partial charge in [0.2, 0.25) is 6.79 Å². The Balaban J connectivity index is 1.56. The molecule has 0 amide bonds. The van der Waals surface area contributed by atoms with Gasteiger partial charge in [-0.2, -0.15) is 0 Å². The molecule has 4 rings (SSSR count). The molecule has 25 heavy (non-hydrogen) atoms. The summed E-state index contributed by atoms with van der Waals surface area (Å²) < 4.78 is 10.9. The lowest BCUT2D eigenvalue weighted by Gasteiger charge is -2.26. The predicted molar refractivity (Wildman–Crippen MR) is 104 cm³/mol. The van der Waals surface area contributed by atoms with Crippen LogP contribution in [0.25, 0.3) is 6.08 Å². The zero-order chi connectivity index (χ0) is 17.4. The number of allylic oxidation sites excluding steroid dienone is 2. The van der Waals surface area contributed by atoms with Gasteiger partial charge in [-0.3, -0.25) is 0 Å². The summed E-state index contributed by atoms with van der Waals surface area (Å²) >= 11 is 1.65. The first-order chi connectivity index (χ1) is 12.1. The molecule has 0 atom stereocenters. The van der Waals surface area contributed by atoms with Gasteiger partial charge in [-0.1, -0.05) is 42.6 Å². The van der Waals surface area contributed by atoms with Crippen molar-refractivity contribution in [1.82, 2.24) is 0 Å². The number of nitrogens with zero attached hydrogens (tertiary/aromatic N) is 1. The van der Waals surface area contributed by atoms with Crippen LogP contribution in [0, 0.1) is 6.92 Å². The maximum atomic E-state index is 5.48. The van der Waals surface area contributed by atoms with Crippen LogP contribution < -0.4 is 14.4 Å². The number of thioether (sulfide) groups is 1. The fraction of sp³-hybridized carbons (Fsp3) is 0.143. The van der Waals surface area contributed by atoms with Crippen LogP contribution in [0.4, 0.5) is 5.69 Å². The van der Waals surface area contributed by atoms with Crippen LogP contribution in [0.3, 0.4) is 0 Å². The number of benzene rings is 2. The molecule has 0 aromatic heterocycles. The average Bonchev–Trinajstić information content (AvgIpc) is 3.05. The molecule has 2 heterocycles. The molecular weight excluding hydrogens is 330 g/mol. The smallest absolute Gasteiger partial charge is 0.231 e. The van der Waals surface area contributed by atoms with Crippen molar-refractivity contribution in [3.63, 3.8) is 0 Å². The first-order valence-electron chi connectivity index (χ1n) is 8.11. The second-order valence-electron chi connectivity index (χ2n) is 6.06. The zero-order valence-corrected chi connectivity index (χ0v) is 15.1. The Labute approximate surface area is 152 Å². The Morgan fingerprint density at radius 1 is 1.16 bits per heavy atom. The molecule has 0 aliphatic carbocycles. The second kappa shape index (κ2) is 6.37. The van der Waals surface area contributed by atoms with Crippen LogP contribution in [0.1, 0.15) is 11.1 Å². The van der Waals surface area contributed by atoms with E-state index in [0.717, 1.165) is 32.6 Å². The summed E-state index contributed by atoms with van der Waals surface area (Å²) in [4.78, 5) is 4.30. The topological polar surface area (TPSA) is 21.7 Å². The molecule has 2 aliphatic rings. The molecule has 0 N–H and O–H groups in total. The molecule has 0 saturated carbocycles. The van der Waals surface area contributed by atoms with Crippen molar-refractivity contribution in [2.45, 2.75) is 11.8 Å². The van der Waals surface area contributed by atoms with Gasteiger partial charge in [0.1, 0.15) is 0 Å². The number of aryl methyl sites for hydroxylation is 1. The molecule has 0 fully saturated rings. The maximum Gasteiger partial charge on any atom is 0.231 e. The van der Waals surface area contributed by atoms with Crippen molar-refractivity contribution >= 4 is 23.5 Å². The minimum Gasteiger partial charge on any atom is -0.454 e. The van der Waals surface area contributed by atoms with Gasteiger partial charge < -0.3 is 14.4 Å². The standard InChI is InChI=1S/C21H19NO2S/c1-14-10-19-20(24-13-23-19)12-21(14)25-15(2)11-17-9-8-16-6-4-5-7-18(16)22(17)3/h4-12H,2,13H2,1,3H3/b17-11+. The third-order valence-electron chi connectivity index (χ3n) is 4.34. The van der Waals surface area contributed by atoms with Crippen molar-refractivity contribution in [3.05, 3.63) is 76.9 Å². The van der Waals surface area contributed by atoms with E-state index in [0.29, 0.717) is 6.79 Å². The third kappa shape index (κ3) is 3.05. The number of hydrogen-bond acceptors (Lipinski definition) is 4. The Bertz CT molecular complexity index is 914. The van der Waals surface area contributed by atoms with E-state index in [1.54, 1.807) is 11.8 Å². The van der Waals surface area contributed by atoms with E-state index in [-0.39, 0.29) is 0 Å². The third-order valence-corrected chi connectivity index (χ3v) is 5.38. The lowest BCUT2D eigenvalue weighted by molar-refractivity contribution is 0.174. The number of rotatable bonds is 3. The van der Waals surface area contributed by atoms with Crippen molar-refractivity contribution < 1.29 is 9.47 Å². The van der Waals surface area contributed by atoms with Crippen LogP contribution in [-0.2, 0) is 0 Å². The number of fused-ring (bicyclic) bond motifs is 2. The highest BCUT2D eigenvalue weighted by atomic mass is 32.2. The van der Waals surface area contributed by atoms with E-state index in [4.69, 9.17) is 9.47 Å². The van der Waals surface area contributed by atoms with Crippen molar-refractivity contribution in [1.29, 1.82) is 0 Å². The van der Waals surface area contributed by atoms with E-state index < -0.39 is 0 Å². The van der Waals surface area contributed by atoms with Gasteiger partial charge in [0.15, 0.2) is 11.5 Å². The highest BCUT2D eigenvalue weighted by molar-refractivity contribution is 8.03. The Kier molecular flexibility index (Phi) is 4.06. The quantitative estimate of drug-likeness (QED) is 0.694. The molecule has 0 bridgehead atoms. The van der Waals surface area contributed by atoms with Gasteiger partial charge in [0.05, 0.1) is 0 Å². The summed E-state index contributed by atoms with van der Waals surface area (Å²) in [6.07, 6.45) is 6.38. The molecule has 2 aliphatic heterocycles. The number of anilines is 1. The molecule has 3 nitrogen and oxygen atoms in total. The first kappa shape index (κ1) is 15.9. The van der Waals surface area contributed by atoms with E-state index in [9.17, 15) is 0 Å². The Hall–Kier alpha value is -2.59. The van der Waals surface area contributed by atoms with Crippen LogP contribution in [0.15, 0.2) is 70.6 Å². The Morgan fingerprint density at radius 3 is 2.76 bits per heavy atom. The van der Waals surface area contributed by atoms with Crippen molar-refractivity contribution in [2.75, 3.05) is 18.7 Å². The molecule has 0 spiro atoms. The van der Waals surface area contributed by atoms with Gasteiger partial charge in [-0.15, -0.1) is 0 Å². The molecule has 0 radical (unpaired) electrons. The van der Waals surface area contributed by atoms with Crippen molar-refractivity contribution in [2.24, 2.45) is 0 Å². The number of para-hydroxylation sites is 1. The number of hydrogen-bond donors (Lipinski definition) is 0. The summed E-state index contributed by atoms with van der Waals surface area (Å²) in [6.45, 7) is 6.59. The predicted octanol–water partition coefficient (Wildman–Crippen LogP) is 5.38. The van der Waals surface area contributed by atoms with Crippen LogP contribution in [0.2, 0.25) is 0 Å². The van der Waals surface area contributed by atoms with Gasteiger partial charge in [0.25, 0.3) is 0 Å². The van der Waals surface area contributed by atoms with Gasteiger partial charge in [0, 0.05) is 28.2 Å². The van der Waals surface area contributed by atoms with E-state index in [2.05, 4.69) is 67.9 Å². The number of likely N-dealkylation sites (N-methyl/N-ethyl adjacent to an activating group) is 1. The number of ether oxygens (including phenoxy) is 2. The van der Waals surface area contributed by atoms with Gasteiger partial charge >= 0.3 is 0 Å².